The lowest BCUT2D eigenvalue weighted by Gasteiger charge is -2.35. The number of benzene rings is 10. The van der Waals surface area contributed by atoms with Gasteiger partial charge in [0.05, 0.1) is 10.8 Å². The molecule has 65 heavy (non-hydrogen) atoms. The van der Waals surface area contributed by atoms with Gasteiger partial charge in [-0.05, 0) is 111 Å². The molecule has 14 rings (SSSR count). The van der Waals surface area contributed by atoms with E-state index >= 15 is 0 Å². The van der Waals surface area contributed by atoms with Gasteiger partial charge in [0.25, 0.3) is 0 Å². The van der Waals surface area contributed by atoms with Crippen LogP contribution in [0, 0.1) is 0 Å². The summed E-state index contributed by atoms with van der Waals surface area (Å²) in [5, 5.41) is 6.42. The molecule has 4 nitrogen and oxygen atoms in total. The van der Waals surface area contributed by atoms with Crippen molar-refractivity contribution in [2.75, 3.05) is 4.90 Å². The molecule has 3 heterocycles. The normalized spacial score (nSPS) is 13.0. The second-order valence-electron chi connectivity index (χ2n) is 17.1. The van der Waals surface area contributed by atoms with Crippen molar-refractivity contribution in [2.24, 2.45) is 0 Å². The number of furan rings is 3. The summed E-state index contributed by atoms with van der Waals surface area (Å²) in [7, 11) is 0. The van der Waals surface area contributed by atoms with E-state index in [0.29, 0.717) is 0 Å². The van der Waals surface area contributed by atoms with E-state index in [2.05, 4.69) is 205 Å². The molecule has 0 amide bonds. The molecule has 4 heteroatoms. The van der Waals surface area contributed by atoms with E-state index in [1.54, 1.807) is 0 Å². The number of para-hydroxylation sites is 2. The number of hydrogen-bond donors (Lipinski definition) is 0. The maximum absolute atomic E-state index is 6.57. The van der Waals surface area contributed by atoms with Crippen LogP contribution in [0.2, 0.25) is 0 Å². The minimum absolute atomic E-state index is 0.542. The van der Waals surface area contributed by atoms with Gasteiger partial charge in [0, 0.05) is 50.1 Å². The SMILES string of the molecule is c1ccc(C2(c3ccccc3)c3ccccc3-c3ccc(N(c4ccc(-c5cccc6oc7ccc8c9ccccc9oc8c7c56)cc4)c4ccc5c(c4)oc4ccccc45)cc32)cc1. The largest absolute Gasteiger partial charge is 0.456 e. The van der Waals surface area contributed by atoms with Crippen molar-refractivity contribution in [1.82, 2.24) is 0 Å². The van der Waals surface area contributed by atoms with Crippen LogP contribution in [0.15, 0.2) is 238 Å². The summed E-state index contributed by atoms with van der Waals surface area (Å²) in [5.74, 6) is 0. The smallest absolute Gasteiger partial charge is 0.147 e. The Bertz CT molecular complexity index is 3970. The fraction of sp³-hybridized carbons (Fsp3) is 0.0164. The van der Waals surface area contributed by atoms with Gasteiger partial charge in [0.15, 0.2) is 0 Å². The highest BCUT2D eigenvalue weighted by molar-refractivity contribution is 6.24. The first kappa shape index (κ1) is 35.9. The lowest BCUT2D eigenvalue weighted by Crippen LogP contribution is -2.28. The van der Waals surface area contributed by atoms with Gasteiger partial charge in [0.2, 0.25) is 0 Å². The van der Waals surface area contributed by atoms with Gasteiger partial charge in [-0.3, -0.25) is 0 Å². The molecule has 0 fully saturated rings. The van der Waals surface area contributed by atoms with E-state index in [1.165, 1.54) is 33.4 Å². The Morgan fingerprint density at radius 1 is 0.308 bits per heavy atom. The molecule has 0 unspecified atom stereocenters. The molecule has 0 saturated carbocycles. The summed E-state index contributed by atoms with van der Waals surface area (Å²) in [4.78, 5) is 2.37. The number of fused-ring (bicyclic) bond motifs is 13. The Morgan fingerprint density at radius 2 is 0.846 bits per heavy atom. The molecule has 10 aromatic carbocycles. The van der Waals surface area contributed by atoms with Crippen molar-refractivity contribution in [3.63, 3.8) is 0 Å². The van der Waals surface area contributed by atoms with Crippen LogP contribution in [0.4, 0.5) is 17.1 Å². The van der Waals surface area contributed by atoms with E-state index in [4.69, 9.17) is 13.3 Å². The summed E-state index contributed by atoms with van der Waals surface area (Å²) in [5.41, 5.74) is 17.2. The van der Waals surface area contributed by atoms with Crippen LogP contribution in [0.5, 0.6) is 0 Å². The number of anilines is 3. The molecule has 13 aromatic rings. The monoisotopic (exact) mass is 831 g/mol. The molecule has 0 spiro atoms. The average Bonchev–Trinajstić information content (AvgIpc) is 4.13. The first-order chi connectivity index (χ1) is 32.2. The molecule has 304 valence electrons. The minimum Gasteiger partial charge on any atom is -0.456 e. The standard InChI is InChI=1S/C61H37NO3/c1-3-14-39(15-4-1)61(40-16-5-2-6-17-40)51-22-10-7-18-45(51)46-32-30-42(36-52(46)61)62(43-31-33-49-47-19-8-11-23-53(47)63-57(49)37-43)41-28-26-38(27-29-41)44-21-13-25-55-58(44)59-56(64-55)35-34-50-48-20-9-12-24-54(48)65-60(50)59/h1-37H. The second kappa shape index (κ2) is 13.7. The van der Waals surface area contributed by atoms with E-state index in [-0.39, 0.29) is 0 Å². The van der Waals surface area contributed by atoms with Gasteiger partial charge < -0.3 is 18.2 Å². The summed E-state index contributed by atoms with van der Waals surface area (Å²) < 4.78 is 19.6. The average molecular weight is 832 g/mol. The van der Waals surface area contributed by atoms with E-state index in [9.17, 15) is 0 Å². The third kappa shape index (κ3) is 5.13. The zero-order valence-electron chi connectivity index (χ0n) is 35.0. The molecule has 0 aliphatic heterocycles. The maximum Gasteiger partial charge on any atom is 0.147 e. The predicted octanol–water partition coefficient (Wildman–Crippen LogP) is 16.9. The van der Waals surface area contributed by atoms with Crippen molar-refractivity contribution in [1.29, 1.82) is 0 Å². The van der Waals surface area contributed by atoms with Gasteiger partial charge in [-0.25, -0.2) is 0 Å². The third-order valence-electron chi connectivity index (χ3n) is 13.8. The fourth-order valence-electron chi connectivity index (χ4n) is 11.0. The van der Waals surface area contributed by atoms with Gasteiger partial charge in [0.1, 0.15) is 33.5 Å². The summed E-state index contributed by atoms with van der Waals surface area (Å²) in [6.45, 7) is 0. The van der Waals surface area contributed by atoms with Gasteiger partial charge in [-0.1, -0.05) is 152 Å². The molecular formula is C61H37NO3. The van der Waals surface area contributed by atoms with Crippen molar-refractivity contribution >= 4 is 82.9 Å². The highest BCUT2D eigenvalue weighted by atomic mass is 16.3. The molecule has 0 N–H and O–H groups in total. The molecule has 0 saturated heterocycles. The Labute approximate surface area is 373 Å². The molecule has 0 radical (unpaired) electrons. The topological polar surface area (TPSA) is 42.7 Å². The molecule has 1 aliphatic rings. The quantitative estimate of drug-likeness (QED) is 0.167. The molecule has 3 aromatic heterocycles. The summed E-state index contributed by atoms with van der Waals surface area (Å²) >= 11 is 0. The summed E-state index contributed by atoms with van der Waals surface area (Å²) in [6, 6.07) is 80.4. The predicted molar refractivity (Wildman–Crippen MR) is 266 cm³/mol. The first-order valence-electron chi connectivity index (χ1n) is 22.2. The first-order valence-corrected chi connectivity index (χ1v) is 22.2. The van der Waals surface area contributed by atoms with Crippen LogP contribution in [-0.2, 0) is 5.41 Å². The molecule has 0 atom stereocenters. The minimum atomic E-state index is -0.542. The third-order valence-corrected chi connectivity index (χ3v) is 13.8. The number of nitrogens with zero attached hydrogens (tertiary/aromatic N) is 1. The lowest BCUT2D eigenvalue weighted by molar-refractivity contribution is 0.663. The van der Waals surface area contributed by atoms with Crippen LogP contribution in [-0.4, -0.2) is 0 Å². The second-order valence-corrected chi connectivity index (χ2v) is 17.1. The zero-order chi connectivity index (χ0) is 42.6. The van der Waals surface area contributed by atoms with Crippen molar-refractivity contribution in [2.45, 2.75) is 5.41 Å². The fourth-order valence-corrected chi connectivity index (χ4v) is 11.0. The van der Waals surface area contributed by atoms with Crippen LogP contribution in [0.25, 0.3) is 88.1 Å². The Balaban J connectivity index is 0.980. The Hall–Kier alpha value is -8.60. The van der Waals surface area contributed by atoms with E-state index < -0.39 is 5.41 Å². The van der Waals surface area contributed by atoms with Gasteiger partial charge in [-0.2, -0.15) is 0 Å². The maximum atomic E-state index is 6.57. The zero-order valence-corrected chi connectivity index (χ0v) is 35.0. The summed E-state index contributed by atoms with van der Waals surface area (Å²) in [6.07, 6.45) is 0. The van der Waals surface area contributed by atoms with Gasteiger partial charge >= 0.3 is 0 Å². The van der Waals surface area contributed by atoms with Crippen LogP contribution in [0.1, 0.15) is 22.3 Å². The van der Waals surface area contributed by atoms with Crippen molar-refractivity contribution in [3.05, 3.63) is 247 Å². The highest BCUT2D eigenvalue weighted by Gasteiger charge is 2.46. The van der Waals surface area contributed by atoms with Gasteiger partial charge in [-0.15, -0.1) is 0 Å². The van der Waals surface area contributed by atoms with E-state index in [1.807, 2.05) is 24.3 Å². The molecule has 1 aliphatic carbocycles. The highest BCUT2D eigenvalue weighted by Crippen LogP contribution is 2.57. The van der Waals surface area contributed by atoms with Crippen molar-refractivity contribution < 1.29 is 13.3 Å². The van der Waals surface area contributed by atoms with Crippen LogP contribution < -0.4 is 4.90 Å². The number of hydrogen-bond acceptors (Lipinski definition) is 4. The van der Waals surface area contributed by atoms with Crippen molar-refractivity contribution in [3.8, 4) is 22.3 Å². The molecule has 0 bridgehead atoms. The van der Waals surface area contributed by atoms with E-state index in [0.717, 1.165) is 94.0 Å². The van der Waals surface area contributed by atoms with Crippen LogP contribution >= 0.6 is 0 Å². The lowest BCUT2D eigenvalue weighted by atomic mass is 9.67. The van der Waals surface area contributed by atoms with Crippen LogP contribution in [0.3, 0.4) is 0 Å². The number of rotatable bonds is 6. The molecular weight excluding hydrogens is 795 g/mol. The Morgan fingerprint density at radius 3 is 1.63 bits per heavy atom. The Kier molecular flexibility index (Phi) is 7.57.